The van der Waals surface area contributed by atoms with Crippen molar-refractivity contribution in [2.24, 2.45) is 5.92 Å². The number of nitrogens with one attached hydrogen (secondary N) is 1. The number of aliphatic hydroxyl groups excluding tert-OH is 1. The number of hydrogen-bond acceptors (Lipinski definition) is 2. The van der Waals surface area contributed by atoms with E-state index in [-0.39, 0.29) is 24.5 Å². The zero-order valence-electron chi connectivity index (χ0n) is 10.0. The molecule has 0 radical (unpaired) electrons. The highest BCUT2D eigenvalue weighted by Crippen LogP contribution is 2.06. The van der Waals surface area contributed by atoms with Crippen LogP contribution in [-0.4, -0.2) is 23.7 Å². The molecule has 0 bridgehead atoms. The fourth-order valence-electron chi connectivity index (χ4n) is 1.30. The molecule has 0 aromatic heterocycles. The third kappa shape index (κ3) is 3.35. The van der Waals surface area contributed by atoms with Crippen molar-refractivity contribution in [2.75, 3.05) is 6.61 Å². The Labute approximate surface area is 96.5 Å². The standard InChI is InChI=1S/C13H19NO2/c1-9-4-6-12(7-5-9)13(16)14-11(3)10(2)8-15/h4-7,10-11,15H,8H2,1-3H3,(H,14,16)/t10-,11?/m0/s1. The van der Waals surface area contributed by atoms with E-state index in [1.807, 2.05) is 32.9 Å². The maximum Gasteiger partial charge on any atom is 0.251 e. The first-order valence-corrected chi connectivity index (χ1v) is 5.53. The lowest BCUT2D eigenvalue weighted by molar-refractivity contribution is 0.0916. The summed E-state index contributed by atoms with van der Waals surface area (Å²) in [7, 11) is 0. The van der Waals surface area contributed by atoms with Gasteiger partial charge in [-0.05, 0) is 31.9 Å². The smallest absolute Gasteiger partial charge is 0.251 e. The van der Waals surface area contributed by atoms with Crippen LogP contribution < -0.4 is 5.32 Å². The number of rotatable bonds is 4. The highest BCUT2D eigenvalue weighted by molar-refractivity contribution is 5.94. The minimum Gasteiger partial charge on any atom is -0.396 e. The highest BCUT2D eigenvalue weighted by atomic mass is 16.3. The normalized spacial score (nSPS) is 14.2. The minimum absolute atomic E-state index is 0.0289. The molecule has 0 aliphatic rings. The van der Waals surface area contributed by atoms with E-state index in [2.05, 4.69) is 5.32 Å². The Hall–Kier alpha value is -1.35. The molecule has 3 heteroatoms. The maximum atomic E-state index is 11.8. The Morgan fingerprint density at radius 1 is 1.31 bits per heavy atom. The third-order valence-electron chi connectivity index (χ3n) is 2.81. The van der Waals surface area contributed by atoms with Crippen LogP contribution in [0.5, 0.6) is 0 Å². The first-order valence-electron chi connectivity index (χ1n) is 5.53. The summed E-state index contributed by atoms with van der Waals surface area (Å²) < 4.78 is 0. The number of carbonyl (C=O) groups is 1. The SMILES string of the molecule is Cc1ccc(C(=O)NC(C)[C@@H](C)CO)cc1. The number of amides is 1. The van der Waals surface area contributed by atoms with E-state index in [1.54, 1.807) is 12.1 Å². The fraction of sp³-hybridized carbons (Fsp3) is 0.462. The predicted octanol–water partition coefficient (Wildman–Crippen LogP) is 1.74. The van der Waals surface area contributed by atoms with Gasteiger partial charge in [-0.2, -0.15) is 0 Å². The average Bonchev–Trinajstić information content (AvgIpc) is 2.28. The van der Waals surface area contributed by atoms with Crippen LogP contribution in [0.3, 0.4) is 0 Å². The summed E-state index contributed by atoms with van der Waals surface area (Å²) in [5.41, 5.74) is 1.79. The largest absolute Gasteiger partial charge is 0.396 e. The van der Waals surface area contributed by atoms with Crippen molar-refractivity contribution in [3.63, 3.8) is 0 Å². The second-order valence-electron chi connectivity index (χ2n) is 4.29. The molecule has 0 saturated carbocycles. The molecule has 0 spiro atoms. The molecule has 1 amide bonds. The Morgan fingerprint density at radius 3 is 2.38 bits per heavy atom. The molecule has 88 valence electrons. The van der Waals surface area contributed by atoms with Crippen molar-refractivity contribution < 1.29 is 9.90 Å². The van der Waals surface area contributed by atoms with Crippen LogP contribution in [0.15, 0.2) is 24.3 Å². The van der Waals surface area contributed by atoms with Crippen molar-refractivity contribution in [1.82, 2.24) is 5.32 Å². The van der Waals surface area contributed by atoms with Gasteiger partial charge in [-0.25, -0.2) is 0 Å². The quantitative estimate of drug-likeness (QED) is 0.813. The molecule has 1 rings (SSSR count). The van der Waals surface area contributed by atoms with Gasteiger partial charge in [-0.3, -0.25) is 4.79 Å². The van der Waals surface area contributed by atoms with Gasteiger partial charge in [-0.1, -0.05) is 24.6 Å². The lowest BCUT2D eigenvalue weighted by Crippen LogP contribution is -2.38. The Balaban J connectivity index is 2.62. The van der Waals surface area contributed by atoms with Gasteiger partial charge in [-0.15, -0.1) is 0 Å². The van der Waals surface area contributed by atoms with Gasteiger partial charge in [0.15, 0.2) is 0 Å². The molecule has 1 aromatic carbocycles. The van der Waals surface area contributed by atoms with Crippen LogP contribution in [0.2, 0.25) is 0 Å². The Bertz CT molecular complexity index is 345. The number of carbonyl (C=O) groups excluding carboxylic acids is 1. The van der Waals surface area contributed by atoms with Gasteiger partial charge in [0.05, 0.1) is 0 Å². The second-order valence-corrected chi connectivity index (χ2v) is 4.29. The first kappa shape index (κ1) is 12.7. The molecule has 2 N–H and O–H groups in total. The molecule has 0 heterocycles. The van der Waals surface area contributed by atoms with E-state index in [0.717, 1.165) is 5.56 Å². The molecular weight excluding hydrogens is 202 g/mol. The maximum absolute atomic E-state index is 11.8. The summed E-state index contributed by atoms with van der Waals surface area (Å²) in [6, 6.07) is 7.41. The fourth-order valence-corrected chi connectivity index (χ4v) is 1.30. The van der Waals surface area contributed by atoms with Crippen LogP contribution >= 0.6 is 0 Å². The molecule has 3 nitrogen and oxygen atoms in total. The minimum atomic E-state index is -0.0900. The number of hydrogen-bond donors (Lipinski definition) is 2. The predicted molar refractivity (Wildman–Crippen MR) is 64.4 cm³/mol. The van der Waals surface area contributed by atoms with Gasteiger partial charge >= 0.3 is 0 Å². The van der Waals surface area contributed by atoms with E-state index in [9.17, 15) is 4.79 Å². The molecular formula is C13H19NO2. The molecule has 0 aliphatic heterocycles. The van der Waals surface area contributed by atoms with Gasteiger partial charge in [0.1, 0.15) is 0 Å². The molecule has 0 fully saturated rings. The van der Waals surface area contributed by atoms with E-state index in [0.29, 0.717) is 5.56 Å². The van der Waals surface area contributed by atoms with Crippen LogP contribution in [0.1, 0.15) is 29.8 Å². The van der Waals surface area contributed by atoms with E-state index in [1.165, 1.54) is 0 Å². The highest BCUT2D eigenvalue weighted by Gasteiger charge is 2.14. The number of aliphatic hydroxyl groups is 1. The number of benzene rings is 1. The summed E-state index contributed by atoms with van der Waals surface area (Å²) in [5, 5.41) is 11.8. The van der Waals surface area contributed by atoms with E-state index in [4.69, 9.17) is 5.11 Å². The zero-order chi connectivity index (χ0) is 12.1. The van der Waals surface area contributed by atoms with E-state index < -0.39 is 0 Å². The molecule has 1 unspecified atom stereocenters. The molecule has 1 aromatic rings. The Kier molecular flexibility index (Phi) is 4.50. The van der Waals surface area contributed by atoms with Crippen molar-refractivity contribution >= 4 is 5.91 Å². The first-order chi connectivity index (χ1) is 7.54. The molecule has 16 heavy (non-hydrogen) atoms. The van der Waals surface area contributed by atoms with Gasteiger partial charge < -0.3 is 10.4 Å². The van der Waals surface area contributed by atoms with Crippen molar-refractivity contribution in [2.45, 2.75) is 26.8 Å². The lowest BCUT2D eigenvalue weighted by atomic mass is 10.0. The van der Waals surface area contributed by atoms with E-state index >= 15 is 0 Å². The number of aryl methyl sites for hydroxylation is 1. The monoisotopic (exact) mass is 221 g/mol. The zero-order valence-corrected chi connectivity index (χ0v) is 10.0. The lowest BCUT2D eigenvalue weighted by Gasteiger charge is -2.19. The van der Waals surface area contributed by atoms with Gasteiger partial charge in [0.25, 0.3) is 5.91 Å². The van der Waals surface area contributed by atoms with Crippen molar-refractivity contribution in [1.29, 1.82) is 0 Å². The van der Waals surface area contributed by atoms with Crippen LogP contribution in [-0.2, 0) is 0 Å². The van der Waals surface area contributed by atoms with Crippen LogP contribution in [0.25, 0.3) is 0 Å². The molecule has 0 aliphatic carbocycles. The summed E-state index contributed by atoms with van der Waals surface area (Å²) in [6.45, 7) is 5.86. The summed E-state index contributed by atoms with van der Waals surface area (Å²) in [5.74, 6) is -0.0257. The van der Waals surface area contributed by atoms with Gasteiger partial charge in [0.2, 0.25) is 0 Å². The van der Waals surface area contributed by atoms with Crippen molar-refractivity contribution in [3.05, 3.63) is 35.4 Å². The topological polar surface area (TPSA) is 49.3 Å². The molecule has 0 saturated heterocycles. The van der Waals surface area contributed by atoms with Crippen LogP contribution in [0, 0.1) is 12.8 Å². The summed E-state index contributed by atoms with van der Waals surface area (Å²) >= 11 is 0. The van der Waals surface area contributed by atoms with Crippen molar-refractivity contribution in [3.8, 4) is 0 Å². The van der Waals surface area contributed by atoms with Gasteiger partial charge in [0, 0.05) is 18.2 Å². The Morgan fingerprint density at radius 2 is 1.88 bits per heavy atom. The summed E-state index contributed by atoms with van der Waals surface area (Å²) in [4.78, 5) is 11.8. The van der Waals surface area contributed by atoms with Crippen LogP contribution in [0.4, 0.5) is 0 Å². The summed E-state index contributed by atoms with van der Waals surface area (Å²) in [6.07, 6.45) is 0. The average molecular weight is 221 g/mol. The molecule has 2 atom stereocenters. The second kappa shape index (κ2) is 5.66. The third-order valence-corrected chi connectivity index (χ3v) is 2.81.